The highest BCUT2D eigenvalue weighted by molar-refractivity contribution is 6.28. The number of anilines is 1. The van der Waals surface area contributed by atoms with Crippen LogP contribution in [0.2, 0.25) is 5.28 Å². The number of hydrogen-bond donors (Lipinski definition) is 0. The van der Waals surface area contributed by atoms with Gasteiger partial charge in [0.25, 0.3) is 0 Å². The molecule has 2 heterocycles. The topological polar surface area (TPSA) is 51.1 Å². The van der Waals surface area contributed by atoms with E-state index >= 15 is 0 Å². The second-order valence-corrected chi connectivity index (χ2v) is 5.03. The molecule has 5 nitrogen and oxygen atoms in total. The van der Waals surface area contributed by atoms with Gasteiger partial charge in [-0.1, -0.05) is 29.8 Å². The fraction of sp³-hybridized carbons (Fsp3) is 0.357. The molecular weight excluding hydrogens is 276 g/mol. The van der Waals surface area contributed by atoms with Crippen molar-refractivity contribution >= 4 is 17.5 Å². The maximum Gasteiger partial charge on any atom is 0.230 e. The monoisotopic (exact) mass is 290 g/mol. The number of ether oxygens (including phenoxy) is 1. The number of halogens is 1. The SMILES string of the molecule is Cc1ccc(-c2nc(Cl)nc(N3CCOCC3)n2)cc1. The van der Waals surface area contributed by atoms with E-state index in [0.717, 1.165) is 18.7 Å². The molecule has 1 saturated heterocycles. The van der Waals surface area contributed by atoms with Crippen molar-refractivity contribution in [2.45, 2.75) is 6.92 Å². The molecule has 2 aromatic rings. The zero-order valence-corrected chi connectivity index (χ0v) is 12.0. The van der Waals surface area contributed by atoms with Crippen molar-refractivity contribution in [3.63, 3.8) is 0 Å². The fourth-order valence-electron chi connectivity index (χ4n) is 2.08. The van der Waals surface area contributed by atoms with Gasteiger partial charge in [-0.3, -0.25) is 0 Å². The lowest BCUT2D eigenvalue weighted by Crippen LogP contribution is -2.37. The molecule has 3 rings (SSSR count). The molecule has 0 amide bonds. The minimum Gasteiger partial charge on any atom is -0.378 e. The van der Waals surface area contributed by atoms with E-state index in [0.29, 0.717) is 25.0 Å². The number of nitrogens with zero attached hydrogens (tertiary/aromatic N) is 4. The number of benzene rings is 1. The van der Waals surface area contributed by atoms with Crippen LogP contribution >= 0.6 is 11.6 Å². The van der Waals surface area contributed by atoms with Crippen LogP contribution in [0.1, 0.15) is 5.56 Å². The van der Waals surface area contributed by atoms with Gasteiger partial charge in [0.05, 0.1) is 13.2 Å². The Hall–Kier alpha value is -1.72. The lowest BCUT2D eigenvalue weighted by Gasteiger charge is -2.26. The van der Waals surface area contributed by atoms with Crippen molar-refractivity contribution in [2.24, 2.45) is 0 Å². The van der Waals surface area contributed by atoms with Gasteiger partial charge in [0, 0.05) is 18.7 Å². The first-order valence-electron chi connectivity index (χ1n) is 6.54. The third kappa shape index (κ3) is 2.89. The van der Waals surface area contributed by atoms with Crippen LogP contribution < -0.4 is 4.90 Å². The Balaban J connectivity index is 1.95. The van der Waals surface area contributed by atoms with Crippen molar-refractivity contribution in [2.75, 3.05) is 31.2 Å². The van der Waals surface area contributed by atoms with Crippen LogP contribution in [0.15, 0.2) is 24.3 Å². The van der Waals surface area contributed by atoms with Crippen molar-refractivity contribution in [1.29, 1.82) is 0 Å². The Morgan fingerprint density at radius 2 is 1.75 bits per heavy atom. The van der Waals surface area contributed by atoms with Gasteiger partial charge in [-0.2, -0.15) is 15.0 Å². The Morgan fingerprint density at radius 1 is 1.05 bits per heavy atom. The van der Waals surface area contributed by atoms with E-state index in [2.05, 4.69) is 19.9 Å². The van der Waals surface area contributed by atoms with Crippen molar-refractivity contribution in [3.05, 3.63) is 35.1 Å². The van der Waals surface area contributed by atoms with Gasteiger partial charge in [-0.15, -0.1) is 0 Å². The molecule has 0 saturated carbocycles. The Morgan fingerprint density at radius 3 is 2.45 bits per heavy atom. The average molecular weight is 291 g/mol. The fourth-order valence-corrected chi connectivity index (χ4v) is 2.23. The number of aromatic nitrogens is 3. The highest BCUT2D eigenvalue weighted by atomic mass is 35.5. The molecule has 0 spiro atoms. The summed E-state index contributed by atoms with van der Waals surface area (Å²) in [5, 5.41) is 0.220. The lowest BCUT2D eigenvalue weighted by molar-refractivity contribution is 0.122. The van der Waals surface area contributed by atoms with Gasteiger partial charge in [0.15, 0.2) is 5.82 Å². The lowest BCUT2D eigenvalue weighted by atomic mass is 10.1. The summed E-state index contributed by atoms with van der Waals surface area (Å²) in [5.41, 5.74) is 2.14. The summed E-state index contributed by atoms with van der Waals surface area (Å²) in [7, 11) is 0. The van der Waals surface area contributed by atoms with E-state index in [9.17, 15) is 0 Å². The smallest absolute Gasteiger partial charge is 0.230 e. The zero-order valence-electron chi connectivity index (χ0n) is 11.2. The summed E-state index contributed by atoms with van der Waals surface area (Å²) in [6, 6.07) is 8.04. The van der Waals surface area contributed by atoms with Gasteiger partial charge in [-0.05, 0) is 18.5 Å². The molecule has 1 aliphatic rings. The molecule has 1 fully saturated rings. The van der Waals surface area contributed by atoms with E-state index in [4.69, 9.17) is 16.3 Å². The van der Waals surface area contributed by atoms with Gasteiger partial charge < -0.3 is 9.64 Å². The number of hydrogen-bond acceptors (Lipinski definition) is 5. The summed E-state index contributed by atoms with van der Waals surface area (Å²) in [6.07, 6.45) is 0. The summed E-state index contributed by atoms with van der Waals surface area (Å²) in [6.45, 7) is 4.96. The normalized spacial score (nSPS) is 15.4. The molecule has 6 heteroatoms. The molecule has 1 aromatic heterocycles. The van der Waals surface area contributed by atoms with Gasteiger partial charge in [-0.25, -0.2) is 0 Å². The summed E-state index contributed by atoms with van der Waals surface area (Å²) in [4.78, 5) is 15.0. The van der Waals surface area contributed by atoms with Crippen LogP contribution in [0.4, 0.5) is 5.95 Å². The molecule has 104 valence electrons. The van der Waals surface area contributed by atoms with Crippen molar-refractivity contribution < 1.29 is 4.74 Å². The second kappa shape index (κ2) is 5.73. The molecule has 1 aliphatic heterocycles. The van der Waals surface area contributed by atoms with Crippen LogP contribution in [-0.2, 0) is 4.74 Å². The summed E-state index contributed by atoms with van der Waals surface area (Å²) < 4.78 is 5.33. The minimum absolute atomic E-state index is 0.220. The largest absolute Gasteiger partial charge is 0.378 e. The Kier molecular flexibility index (Phi) is 3.80. The Bertz CT molecular complexity index is 597. The van der Waals surface area contributed by atoms with Crippen molar-refractivity contribution in [1.82, 2.24) is 15.0 Å². The molecule has 1 aromatic carbocycles. The highest BCUT2D eigenvalue weighted by Gasteiger charge is 2.16. The third-order valence-electron chi connectivity index (χ3n) is 3.20. The summed E-state index contributed by atoms with van der Waals surface area (Å²) in [5.74, 6) is 1.22. The van der Waals surface area contributed by atoms with Crippen LogP contribution in [0.5, 0.6) is 0 Å². The highest BCUT2D eigenvalue weighted by Crippen LogP contribution is 2.20. The molecular formula is C14H15ClN4O. The third-order valence-corrected chi connectivity index (χ3v) is 3.37. The predicted octanol–water partition coefficient (Wildman–Crippen LogP) is 2.34. The molecule has 0 unspecified atom stereocenters. The minimum atomic E-state index is 0.220. The molecule has 0 N–H and O–H groups in total. The second-order valence-electron chi connectivity index (χ2n) is 4.69. The quantitative estimate of drug-likeness (QED) is 0.850. The standard InChI is InChI=1S/C14H15ClN4O/c1-10-2-4-11(5-3-10)12-16-13(15)18-14(17-12)19-6-8-20-9-7-19/h2-5H,6-9H2,1H3. The molecule has 20 heavy (non-hydrogen) atoms. The first-order valence-corrected chi connectivity index (χ1v) is 6.91. The Labute approximate surface area is 122 Å². The number of morpholine rings is 1. The maximum atomic E-state index is 6.03. The molecule has 0 radical (unpaired) electrons. The maximum absolute atomic E-state index is 6.03. The predicted molar refractivity (Wildman–Crippen MR) is 78.0 cm³/mol. The van der Waals surface area contributed by atoms with E-state index < -0.39 is 0 Å². The van der Waals surface area contributed by atoms with E-state index in [1.165, 1.54) is 5.56 Å². The molecule has 0 aliphatic carbocycles. The molecule has 0 atom stereocenters. The van der Waals surface area contributed by atoms with Crippen LogP contribution in [0.25, 0.3) is 11.4 Å². The van der Waals surface area contributed by atoms with Gasteiger partial charge in [0.2, 0.25) is 11.2 Å². The zero-order chi connectivity index (χ0) is 13.9. The number of aryl methyl sites for hydroxylation is 1. The average Bonchev–Trinajstić information content (AvgIpc) is 2.48. The number of rotatable bonds is 2. The van der Waals surface area contributed by atoms with E-state index in [1.807, 2.05) is 31.2 Å². The first-order chi connectivity index (χ1) is 9.72. The van der Waals surface area contributed by atoms with E-state index in [1.54, 1.807) is 0 Å². The van der Waals surface area contributed by atoms with Crippen LogP contribution in [0.3, 0.4) is 0 Å². The first kappa shape index (κ1) is 13.3. The van der Waals surface area contributed by atoms with Gasteiger partial charge in [0.1, 0.15) is 0 Å². The summed E-state index contributed by atoms with van der Waals surface area (Å²) >= 11 is 6.03. The molecule has 0 bridgehead atoms. The van der Waals surface area contributed by atoms with Crippen LogP contribution in [0, 0.1) is 6.92 Å². The van der Waals surface area contributed by atoms with Crippen LogP contribution in [-0.4, -0.2) is 41.3 Å². The van der Waals surface area contributed by atoms with Gasteiger partial charge >= 0.3 is 0 Å². The van der Waals surface area contributed by atoms with Crippen molar-refractivity contribution in [3.8, 4) is 11.4 Å². The van der Waals surface area contributed by atoms with E-state index in [-0.39, 0.29) is 5.28 Å².